The molecule has 0 unspecified atom stereocenters. The molecule has 4 rings (SSSR count). The highest BCUT2D eigenvalue weighted by Gasteiger charge is 2.33. The number of carbonyl (C=O) groups excluding carboxylic acids is 2. The van der Waals surface area contributed by atoms with Gasteiger partial charge in [-0.2, -0.15) is 0 Å². The number of hydrogen-bond acceptors (Lipinski definition) is 2. The molecule has 32 heavy (non-hydrogen) atoms. The number of carbonyl (C=O) groups is 2. The second-order valence-electron chi connectivity index (χ2n) is 8.67. The van der Waals surface area contributed by atoms with Crippen LogP contribution in [0.15, 0.2) is 72.9 Å². The highest BCUT2D eigenvalue weighted by molar-refractivity contribution is 5.84. The van der Waals surface area contributed by atoms with Gasteiger partial charge in [0.25, 0.3) is 0 Å². The van der Waals surface area contributed by atoms with Gasteiger partial charge in [-0.3, -0.25) is 9.59 Å². The van der Waals surface area contributed by atoms with Crippen LogP contribution in [0.1, 0.15) is 42.1 Å². The Bertz CT molecular complexity index is 1070. The highest BCUT2D eigenvalue weighted by Crippen LogP contribution is 2.27. The molecule has 0 saturated heterocycles. The van der Waals surface area contributed by atoms with E-state index in [0.717, 1.165) is 30.6 Å². The molecular formula is C27H31N3O2. The Balaban J connectivity index is 1.54. The summed E-state index contributed by atoms with van der Waals surface area (Å²) in [6.07, 6.45) is 4.05. The lowest BCUT2D eigenvalue weighted by atomic mass is 10.1. The van der Waals surface area contributed by atoms with Crippen molar-refractivity contribution in [3.63, 3.8) is 0 Å². The molecule has 3 aromatic rings. The molecule has 166 valence electrons. The third kappa shape index (κ3) is 5.47. The van der Waals surface area contributed by atoms with E-state index in [-0.39, 0.29) is 24.4 Å². The molecule has 2 aromatic carbocycles. The lowest BCUT2D eigenvalue weighted by Crippen LogP contribution is -2.42. The van der Waals surface area contributed by atoms with Crippen molar-refractivity contribution >= 4 is 11.8 Å². The van der Waals surface area contributed by atoms with Crippen LogP contribution in [0.5, 0.6) is 0 Å². The zero-order valence-electron chi connectivity index (χ0n) is 18.9. The van der Waals surface area contributed by atoms with Crippen molar-refractivity contribution in [2.75, 3.05) is 6.54 Å². The van der Waals surface area contributed by atoms with Gasteiger partial charge in [0.05, 0.1) is 6.54 Å². The second kappa shape index (κ2) is 9.86. The van der Waals surface area contributed by atoms with Gasteiger partial charge in [-0.25, -0.2) is 0 Å². The Morgan fingerprint density at radius 2 is 1.66 bits per heavy atom. The predicted octanol–water partition coefficient (Wildman–Crippen LogP) is 4.38. The van der Waals surface area contributed by atoms with Gasteiger partial charge in [0, 0.05) is 37.9 Å². The van der Waals surface area contributed by atoms with E-state index < -0.39 is 0 Å². The summed E-state index contributed by atoms with van der Waals surface area (Å²) in [6, 6.07) is 22.7. The normalized spacial score (nSPS) is 13.1. The Morgan fingerprint density at radius 3 is 2.34 bits per heavy atom. The quantitative estimate of drug-likeness (QED) is 0.507. The van der Waals surface area contributed by atoms with Crippen LogP contribution in [-0.4, -0.2) is 38.8 Å². The summed E-state index contributed by atoms with van der Waals surface area (Å²) in [5.41, 5.74) is 4.69. The van der Waals surface area contributed by atoms with E-state index >= 15 is 0 Å². The topological polar surface area (TPSA) is 45.6 Å². The summed E-state index contributed by atoms with van der Waals surface area (Å²) >= 11 is 0. The molecule has 1 heterocycles. The molecule has 0 aliphatic heterocycles. The number of amides is 2. The van der Waals surface area contributed by atoms with Gasteiger partial charge in [0.2, 0.25) is 11.8 Å². The summed E-state index contributed by atoms with van der Waals surface area (Å²) in [5, 5.41) is 0. The molecule has 1 aliphatic rings. The number of benzene rings is 2. The van der Waals surface area contributed by atoms with E-state index in [1.165, 1.54) is 11.1 Å². The van der Waals surface area contributed by atoms with E-state index in [9.17, 15) is 9.59 Å². The van der Waals surface area contributed by atoms with E-state index in [0.29, 0.717) is 13.1 Å². The lowest BCUT2D eigenvalue weighted by Gasteiger charge is -2.28. The first-order chi connectivity index (χ1) is 15.5. The fourth-order valence-electron chi connectivity index (χ4n) is 4.08. The van der Waals surface area contributed by atoms with Crippen LogP contribution in [0.25, 0.3) is 0 Å². The van der Waals surface area contributed by atoms with Gasteiger partial charge in [-0.05, 0) is 48.6 Å². The summed E-state index contributed by atoms with van der Waals surface area (Å²) in [5.74, 6) is -0.0389. The molecule has 2 amide bonds. The monoisotopic (exact) mass is 429 g/mol. The largest absolute Gasteiger partial charge is 0.345 e. The number of aromatic nitrogens is 1. The molecule has 0 N–H and O–H groups in total. The second-order valence-corrected chi connectivity index (χ2v) is 8.67. The predicted molar refractivity (Wildman–Crippen MR) is 126 cm³/mol. The van der Waals surface area contributed by atoms with Crippen molar-refractivity contribution in [1.29, 1.82) is 0 Å². The van der Waals surface area contributed by atoms with Gasteiger partial charge < -0.3 is 14.4 Å². The van der Waals surface area contributed by atoms with Crippen molar-refractivity contribution < 1.29 is 9.59 Å². The Hall–Kier alpha value is -3.34. The van der Waals surface area contributed by atoms with Crippen molar-refractivity contribution in [2.24, 2.45) is 0 Å². The Kier molecular flexibility index (Phi) is 6.74. The van der Waals surface area contributed by atoms with Crippen LogP contribution >= 0.6 is 0 Å². The third-order valence-corrected chi connectivity index (χ3v) is 6.15. The zero-order chi connectivity index (χ0) is 22.5. The third-order valence-electron chi connectivity index (χ3n) is 6.15. The fourth-order valence-corrected chi connectivity index (χ4v) is 4.08. The molecule has 1 aromatic heterocycles. The van der Waals surface area contributed by atoms with Crippen LogP contribution in [0.3, 0.4) is 0 Å². The highest BCUT2D eigenvalue weighted by atomic mass is 16.2. The average Bonchev–Trinajstić information content (AvgIpc) is 3.53. The molecule has 1 fully saturated rings. The van der Waals surface area contributed by atoms with Gasteiger partial charge in [0.15, 0.2) is 0 Å². The summed E-state index contributed by atoms with van der Waals surface area (Å²) in [6.45, 7) is 5.61. The van der Waals surface area contributed by atoms with Gasteiger partial charge >= 0.3 is 0 Å². The van der Waals surface area contributed by atoms with Crippen molar-refractivity contribution in [3.8, 4) is 0 Å². The van der Waals surface area contributed by atoms with Gasteiger partial charge in [-0.15, -0.1) is 0 Å². The Labute approximate surface area is 190 Å². The van der Waals surface area contributed by atoms with Crippen LogP contribution in [0.4, 0.5) is 0 Å². The average molecular weight is 430 g/mol. The molecule has 5 heteroatoms. The van der Waals surface area contributed by atoms with Crippen molar-refractivity contribution in [1.82, 2.24) is 14.4 Å². The van der Waals surface area contributed by atoms with E-state index in [4.69, 9.17) is 0 Å². The van der Waals surface area contributed by atoms with Crippen LogP contribution in [-0.2, 0) is 29.2 Å². The maximum atomic E-state index is 13.4. The SMILES string of the molecule is CC(=O)N(CC(=O)N(Cc1ccccc1)Cc1cccn1Cc1ccccc1C)C1CC1. The van der Waals surface area contributed by atoms with Gasteiger partial charge in [-0.1, -0.05) is 54.6 Å². The lowest BCUT2D eigenvalue weighted by molar-refractivity contribution is -0.140. The standard InChI is InChI=1S/C27H31N3O2/c1-21-9-6-7-12-24(21)18-28-16-8-13-26(28)19-29(17-23-10-4-3-5-11-23)27(32)20-30(22(2)31)25-14-15-25/h3-13,16,25H,14-15,17-20H2,1-2H3. The van der Waals surface area contributed by atoms with Crippen molar-refractivity contribution in [2.45, 2.75) is 52.4 Å². The smallest absolute Gasteiger partial charge is 0.242 e. The number of hydrogen-bond donors (Lipinski definition) is 0. The van der Waals surface area contributed by atoms with Crippen LogP contribution in [0, 0.1) is 6.92 Å². The minimum absolute atomic E-state index is 0.0143. The molecule has 1 aliphatic carbocycles. The summed E-state index contributed by atoms with van der Waals surface area (Å²) < 4.78 is 2.21. The number of rotatable bonds is 9. The minimum atomic E-state index is -0.0246. The number of aryl methyl sites for hydroxylation is 1. The molecule has 0 atom stereocenters. The molecule has 0 spiro atoms. The number of nitrogens with zero attached hydrogens (tertiary/aromatic N) is 3. The summed E-state index contributed by atoms with van der Waals surface area (Å²) in [7, 11) is 0. The molecule has 0 radical (unpaired) electrons. The van der Waals surface area contributed by atoms with E-state index in [2.05, 4.69) is 48.0 Å². The maximum absolute atomic E-state index is 13.4. The molecule has 5 nitrogen and oxygen atoms in total. The first-order valence-electron chi connectivity index (χ1n) is 11.3. The summed E-state index contributed by atoms with van der Waals surface area (Å²) in [4.78, 5) is 29.1. The molecule has 0 bridgehead atoms. The molecular weight excluding hydrogens is 398 g/mol. The minimum Gasteiger partial charge on any atom is -0.345 e. The van der Waals surface area contributed by atoms with E-state index in [1.54, 1.807) is 11.8 Å². The molecule has 1 saturated carbocycles. The maximum Gasteiger partial charge on any atom is 0.242 e. The van der Waals surface area contributed by atoms with E-state index in [1.807, 2.05) is 41.3 Å². The fraction of sp³-hybridized carbons (Fsp3) is 0.333. The van der Waals surface area contributed by atoms with Crippen LogP contribution < -0.4 is 0 Å². The van der Waals surface area contributed by atoms with Gasteiger partial charge in [0.1, 0.15) is 6.54 Å². The van der Waals surface area contributed by atoms with Crippen molar-refractivity contribution in [3.05, 3.63) is 95.3 Å². The first-order valence-corrected chi connectivity index (χ1v) is 11.3. The first kappa shape index (κ1) is 21.9. The zero-order valence-corrected chi connectivity index (χ0v) is 18.9. The van der Waals surface area contributed by atoms with Crippen LogP contribution in [0.2, 0.25) is 0 Å². The Morgan fingerprint density at radius 1 is 0.938 bits per heavy atom.